The third kappa shape index (κ3) is 2.33. The van der Waals surface area contributed by atoms with Crippen molar-refractivity contribution in [2.45, 2.75) is 25.7 Å². The van der Waals surface area contributed by atoms with Gasteiger partial charge in [-0.25, -0.2) is 4.98 Å². The SMILES string of the molecule is N#Cc1ccc2c(c1)ncn2-c1ccc2[nH]cc(C3=CCCCC3)c2c1. The van der Waals surface area contributed by atoms with Crippen molar-refractivity contribution in [1.29, 1.82) is 5.26 Å². The molecule has 0 aliphatic heterocycles. The summed E-state index contributed by atoms with van der Waals surface area (Å²) < 4.78 is 2.09. The Hall–Kier alpha value is -3.32. The lowest BCUT2D eigenvalue weighted by Gasteiger charge is -2.12. The van der Waals surface area contributed by atoms with Crippen molar-refractivity contribution in [1.82, 2.24) is 14.5 Å². The Kier molecular flexibility index (Phi) is 3.39. The summed E-state index contributed by atoms with van der Waals surface area (Å²) in [5.41, 5.74) is 7.50. The Morgan fingerprint density at radius 1 is 1.12 bits per heavy atom. The number of H-pyrrole nitrogens is 1. The molecule has 0 saturated carbocycles. The third-order valence-corrected chi connectivity index (χ3v) is 5.26. The van der Waals surface area contributed by atoms with Gasteiger partial charge in [-0.3, -0.25) is 4.57 Å². The van der Waals surface area contributed by atoms with Gasteiger partial charge in [-0.05, 0) is 67.7 Å². The first-order valence-corrected chi connectivity index (χ1v) is 9.01. The first-order chi connectivity index (χ1) is 12.8. The van der Waals surface area contributed by atoms with Gasteiger partial charge >= 0.3 is 0 Å². The number of benzene rings is 2. The summed E-state index contributed by atoms with van der Waals surface area (Å²) in [6, 6.07) is 14.3. The van der Waals surface area contributed by atoms with Gasteiger partial charge in [0.15, 0.2) is 0 Å². The predicted octanol–water partition coefficient (Wildman–Crippen LogP) is 5.34. The maximum atomic E-state index is 9.08. The number of allylic oxidation sites excluding steroid dienone is 2. The average Bonchev–Trinajstić information content (AvgIpc) is 3.31. The predicted molar refractivity (Wildman–Crippen MR) is 104 cm³/mol. The summed E-state index contributed by atoms with van der Waals surface area (Å²) in [5, 5.41) is 10.3. The van der Waals surface area contributed by atoms with Gasteiger partial charge in [-0.2, -0.15) is 5.26 Å². The van der Waals surface area contributed by atoms with Crippen molar-refractivity contribution in [2.75, 3.05) is 0 Å². The average molecular weight is 338 g/mol. The zero-order valence-corrected chi connectivity index (χ0v) is 14.4. The Morgan fingerprint density at radius 2 is 2.08 bits per heavy atom. The van der Waals surface area contributed by atoms with Crippen molar-refractivity contribution in [2.24, 2.45) is 0 Å². The van der Waals surface area contributed by atoms with Crippen LogP contribution in [0, 0.1) is 11.3 Å². The normalized spacial score (nSPS) is 14.5. The Balaban J connectivity index is 1.66. The fourth-order valence-corrected chi connectivity index (χ4v) is 3.89. The molecular formula is C22H18N4. The molecule has 0 amide bonds. The number of nitrogens with zero attached hydrogens (tertiary/aromatic N) is 3. The minimum absolute atomic E-state index is 0.635. The number of hydrogen-bond donors (Lipinski definition) is 1. The summed E-state index contributed by atoms with van der Waals surface area (Å²) in [5.74, 6) is 0. The van der Waals surface area contributed by atoms with Crippen molar-refractivity contribution >= 4 is 27.5 Å². The molecule has 1 N–H and O–H groups in total. The molecule has 2 aromatic carbocycles. The van der Waals surface area contributed by atoms with E-state index in [1.54, 1.807) is 0 Å². The van der Waals surface area contributed by atoms with Crippen LogP contribution in [0.2, 0.25) is 0 Å². The van der Waals surface area contributed by atoms with Gasteiger partial charge in [0.1, 0.15) is 6.33 Å². The molecule has 2 aromatic heterocycles. The smallest absolute Gasteiger partial charge is 0.100 e. The number of fused-ring (bicyclic) bond motifs is 2. The molecule has 0 bridgehead atoms. The minimum atomic E-state index is 0.635. The number of aromatic nitrogens is 3. The standard InChI is InChI=1S/C22H18N4/c23-12-15-6-9-22-21(10-15)25-14-26(22)17-7-8-20-18(11-17)19(13-24-20)16-4-2-1-3-5-16/h4,6-11,13-14,24H,1-3,5H2. The van der Waals surface area contributed by atoms with E-state index >= 15 is 0 Å². The van der Waals surface area contributed by atoms with Crippen LogP contribution in [0.1, 0.15) is 36.8 Å². The van der Waals surface area contributed by atoms with Crippen LogP contribution in [0.15, 0.2) is 55.0 Å². The fourth-order valence-electron chi connectivity index (χ4n) is 3.89. The van der Waals surface area contributed by atoms with Crippen molar-refractivity contribution in [3.8, 4) is 11.8 Å². The quantitative estimate of drug-likeness (QED) is 0.536. The molecule has 1 aliphatic carbocycles. The van der Waals surface area contributed by atoms with E-state index in [-0.39, 0.29) is 0 Å². The molecule has 26 heavy (non-hydrogen) atoms. The minimum Gasteiger partial charge on any atom is -0.361 e. The Morgan fingerprint density at radius 3 is 2.92 bits per heavy atom. The van der Waals surface area contributed by atoms with E-state index in [0.29, 0.717) is 5.56 Å². The van der Waals surface area contributed by atoms with Crippen LogP contribution >= 0.6 is 0 Å². The molecule has 0 radical (unpaired) electrons. The summed E-state index contributed by atoms with van der Waals surface area (Å²) in [7, 11) is 0. The van der Waals surface area contributed by atoms with Crippen LogP contribution in [0.4, 0.5) is 0 Å². The molecule has 4 aromatic rings. The van der Waals surface area contributed by atoms with Crippen molar-refractivity contribution < 1.29 is 0 Å². The van der Waals surface area contributed by atoms with Crippen LogP contribution in [0.5, 0.6) is 0 Å². The number of aromatic amines is 1. The second-order valence-corrected chi connectivity index (χ2v) is 6.84. The maximum absolute atomic E-state index is 9.08. The van der Waals surface area contributed by atoms with Crippen LogP contribution in [-0.4, -0.2) is 14.5 Å². The van der Waals surface area contributed by atoms with Crippen LogP contribution < -0.4 is 0 Å². The molecule has 0 saturated heterocycles. The second kappa shape index (κ2) is 5.89. The van der Waals surface area contributed by atoms with Crippen LogP contribution in [0.3, 0.4) is 0 Å². The van der Waals surface area contributed by atoms with E-state index in [2.05, 4.69) is 51.1 Å². The highest BCUT2D eigenvalue weighted by Gasteiger charge is 2.13. The first-order valence-electron chi connectivity index (χ1n) is 9.01. The lowest BCUT2D eigenvalue weighted by molar-refractivity contribution is 0.742. The Labute approximate surface area is 151 Å². The Bertz CT molecular complexity index is 1200. The van der Waals surface area contributed by atoms with Crippen molar-refractivity contribution in [3.63, 3.8) is 0 Å². The largest absolute Gasteiger partial charge is 0.361 e. The van der Waals surface area contributed by atoms with E-state index in [1.807, 2.05) is 24.5 Å². The molecule has 0 spiro atoms. The van der Waals surface area contributed by atoms with Crippen LogP contribution in [0.25, 0.3) is 33.2 Å². The van der Waals surface area contributed by atoms with Gasteiger partial charge < -0.3 is 4.98 Å². The third-order valence-electron chi connectivity index (χ3n) is 5.26. The summed E-state index contributed by atoms with van der Waals surface area (Å²) in [6.45, 7) is 0. The molecule has 0 fully saturated rings. The van der Waals surface area contributed by atoms with E-state index in [9.17, 15) is 0 Å². The van der Waals surface area contributed by atoms with Gasteiger partial charge in [-0.1, -0.05) is 6.08 Å². The topological polar surface area (TPSA) is 57.4 Å². The van der Waals surface area contributed by atoms with Gasteiger partial charge in [-0.15, -0.1) is 0 Å². The summed E-state index contributed by atoms with van der Waals surface area (Å²) in [6.07, 6.45) is 11.2. The molecule has 126 valence electrons. The van der Waals surface area contributed by atoms with Gasteiger partial charge in [0, 0.05) is 28.4 Å². The highest BCUT2D eigenvalue weighted by atomic mass is 15.0. The lowest BCUT2D eigenvalue weighted by Crippen LogP contribution is -1.93. The molecule has 0 atom stereocenters. The van der Waals surface area contributed by atoms with E-state index < -0.39 is 0 Å². The number of nitriles is 1. The molecule has 4 nitrogen and oxygen atoms in total. The second-order valence-electron chi connectivity index (χ2n) is 6.84. The van der Waals surface area contributed by atoms with E-state index in [0.717, 1.165) is 28.7 Å². The number of rotatable bonds is 2. The molecule has 1 aliphatic rings. The van der Waals surface area contributed by atoms with Crippen molar-refractivity contribution in [3.05, 3.63) is 66.1 Å². The van der Waals surface area contributed by atoms with E-state index in [4.69, 9.17) is 5.26 Å². The number of nitrogens with one attached hydrogen (secondary N) is 1. The molecule has 4 heteroatoms. The van der Waals surface area contributed by atoms with Gasteiger partial charge in [0.25, 0.3) is 0 Å². The van der Waals surface area contributed by atoms with Crippen LogP contribution in [-0.2, 0) is 0 Å². The van der Waals surface area contributed by atoms with Gasteiger partial charge in [0.2, 0.25) is 0 Å². The first kappa shape index (κ1) is 15.0. The highest BCUT2D eigenvalue weighted by Crippen LogP contribution is 2.33. The molecule has 0 unspecified atom stereocenters. The fraction of sp³-hybridized carbons (Fsp3) is 0.182. The van der Waals surface area contributed by atoms with Gasteiger partial charge in [0.05, 0.1) is 22.7 Å². The number of imidazole rings is 1. The molecule has 2 heterocycles. The summed E-state index contributed by atoms with van der Waals surface area (Å²) >= 11 is 0. The summed E-state index contributed by atoms with van der Waals surface area (Å²) in [4.78, 5) is 7.88. The lowest BCUT2D eigenvalue weighted by atomic mass is 9.93. The zero-order valence-electron chi connectivity index (χ0n) is 14.4. The monoisotopic (exact) mass is 338 g/mol. The van der Waals surface area contributed by atoms with E-state index in [1.165, 1.54) is 35.8 Å². The highest BCUT2D eigenvalue weighted by molar-refractivity contribution is 5.94. The maximum Gasteiger partial charge on any atom is 0.100 e. The molecular weight excluding hydrogens is 320 g/mol. The zero-order chi connectivity index (χ0) is 17.5. The number of hydrogen-bond acceptors (Lipinski definition) is 2. The molecule has 5 rings (SSSR count).